The van der Waals surface area contributed by atoms with Crippen LogP contribution in [0.25, 0.3) is 0 Å². The highest BCUT2D eigenvalue weighted by molar-refractivity contribution is 6.18. The number of esters is 1. The molecule has 2 aromatic rings. The molecule has 0 aromatic heterocycles. The number of carbonyl (C=O) groups excluding carboxylic acids is 2. The zero-order valence-electron chi connectivity index (χ0n) is 16.9. The maximum Gasteiger partial charge on any atom is 0.328 e. The summed E-state index contributed by atoms with van der Waals surface area (Å²) in [6, 6.07) is 11.5. The second kappa shape index (κ2) is 12.1. The van der Waals surface area contributed by atoms with Crippen molar-refractivity contribution in [3.8, 4) is 0 Å². The molecule has 0 aliphatic heterocycles. The number of ether oxygens (including phenoxy) is 1. The van der Waals surface area contributed by atoms with E-state index in [1.807, 2.05) is 24.3 Å². The zero-order valence-corrected chi connectivity index (χ0v) is 17.6. The van der Waals surface area contributed by atoms with E-state index in [9.17, 15) is 14.0 Å². The van der Waals surface area contributed by atoms with Gasteiger partial charge in [-0.15, -0.1) is 11.6 Å². The number of anilines is 1. The van der Waals surface area contributed by atoms with E-state index in [0.717, 1.165) is 11.3 Å². The quantitative estimate of drug-likeness (QED) is 0.372. The first kappa shape index (κ1) is 23.6. The van der Waals surface area contributed by atoms with Gasteiger partial charge in [0.25, 0.3) is 0 Å². The highest BCUT2D eigenvalue weighted by atomic mass is 35.5. The molecule has 0 heterocycles. The maximum absolute atomic E-state index is 13.1. The Morgan fingerprint density at radius 1 is 1.07 bits per heavy atom. The van der Waals surface area contributed by atoms with Gasteiger partial charge in [0.15, 0.2) is 0 Å². The molecule has 4 N–H and O–H groups in total. The lowest BCUT2D eigenvalue weighted by atomic mass is 10.0. The Morgan fingerprint density at radius 2 is 1.67 bits per heavy atom. The Hall–Kier alpha value is -2.64. The molecule has 162 valence electrons. The molecule has 2 atom stereocenters. The van der Waals surface area contributed by atoms with Gasteiger partial charge < -0.3 is 21.1 Å². The third-order valence-corrected chi connectivity index (χ3v) is 4.60. The van der Waals surface area contributed by atoms with Crippen molar-refractivity contribution in [3.05, 3.63) is 65.5 Å². The van der Waals surface area contributed by atoms with E-state index in [-0.39, 0.29) is 18.8 Å². The average molecular weight is 436 g/mol. The predicted molar refractivity (Wildman–Crippen MR) is 116 cm³/mol. The number of hydrogen-bond acceptors (Lipinski definition) is 5. The molecule has 2 aromatic carbocycles. The number of nitrogens with one attached hydrogen (secondary N) is 2. The Bertz CT molecular complexity index is 815. The van der Waals surface area contributed by atoms with Gasteiger partial charge in [0.1, 0.15) is 11.9 Å². The molecule has 0 bridgehead atoms. The molecular formula is C22H27ClFN3O3. The van der Waals surface area contributed by atoms with Gasteiger partial charge in [0, 0.05) is 24.5 Å². The molecule has 0 spiro atoms. The SMILES string of the molecule is CCOC(=O)[C@H](Cc1ccc(F)cc1)NC(=O)[C@@H](N)Cc1ccc(NCCCl)cc1. The molecule has 0 aliphatic carbocycles. The summed E-state index contributed by atoms with van der Waals surface area (Å²) in [7, 11) is 0. The van der Waals surface area contributed by atoms with Gasteiger partial charge in [-0.1, -0.05) is 24.3 Å². The Balaban J connectivity index is 1.98. The Morgan fingerprint density at radius 3 is 2.27 bits per heavy atom. The third kappa shape index (κ3) is 7.65. The summed E-state index contributed by atoms with van der Waals surface area (Å²) >= 11 is 5.65. The van der Waals surface area contributed by atoms with Crippen molar-refractivity contribution in [1.82, 2.24) is 5.32 Å². The van der Waals surface area contributed by atoms with Crippen molar-refractivity contribution in [1.29, 1.82) is 0 Å². The number of benzene rings is 2. The first-order valence-corrected chi connectivity index (χ1v) is 10.3. The molecule has 30 heavy (non-hydrogen) atoms. The van der Waals surface area contributed by atoms with Crippen molar-refractivity contribution >= 4 is 29.2 Å². The summed E-state index contributed by atoms with van der Waals surface area (Å²) in [5.41, 5.74) is 8.57. The van der Waals surface area contributed by atoms with Crippen LogP contribution in [0.5, 0.6) is 0 Å². The largest absolute Gasteiger partial charge is 0.464 e. The maximum atomic E-state index is 13.1. The van der Waals surface area contributed by atoms with E-state index in [0.29, 0.717) is 24.4 Å². The summed E-state index contributed by atoms with van der Waals surface area (Å²) in [6.07, 6.45) is 0.492. The van der Waals surface area contributed by atoms with Gasteiger partial charge in [0.05, 0.1) is 12.6 Å². The molecule has 6 nitrogen and oxygen atoms in total. The number of amides is 1. The van der Waals surface area contributed by atoms with E-state index in [1.165, 1.54) is 12.1 Å². The smallest absolute Gasteiger partial charge is 0.328 e. The van der Waals surface area contributed by atoms with Gasteiger partial charge in [-0.2, -0.15) is 0 Å². The molecule has 8 heteroatoms. The predicted octanol–water partition coefficient (Wildman–Crippen LogP) is 2.64. The molecule has 0 saturated carbocycles. The fourth-order valence-corrected chi connectivity index (χ4v) is 2.96. The fraction of sp³-hybridized carbons (Fsp3) is 0.364. The highest BCUT2D eigenvalue weighted by Gasteiger charge is 2.25. The summed E-state index contributed by atoms with van der Waals surface area (Å²) in [4.78, 5) is 24.9. The monoisotopic (exact) mass is 435 g/mol. The van der Waals surface area contributed by atoms with E-state index < -0.39 is 24.0 Å². The molecule has 0 aliphatic rings. The van der Waals surface area contributed by atoms with Gasteiger partial charge in [-0.05, 0) is 48.7 Å². The number of carbonyl (C=O) groups is 2. The Kier molecular flexibility index (Phi) is 9.57. The Labute approximate surface area is 180 Å². The van der Waals surface area contributed by atoms with Crippen molar-refractivity contribution in [2.75, 3.05) is 24.3 Å². The number of rotatable bonds is 11. The van der Waals surface area contributed by atoms with Crippen molar-refractivity contribution in [2.45, 2.75) is 31.8 Å². The van der Waals surface area contributed by atoms with Crippen LogP contribution in [0.3, 0.4) is 0 Å². The molecule has 0 unspecified atom stereocenters. The van der Waals surface area contributed by atoms with E-state index in [1.54, 1.807) is 19.1 Å². The van der Waals surface area contributed by atoms with Crippen LogP contribution in [0.1, 0.15) is 18.1 Å². The van der Waals surface area contributed by atoms with Crippen molar-refractivity contribution < 1.29 is 18.7 Å². The van der Waals surface area contributed by atoms with E-state index in [2.05, 4.69) is 10.6 Å². The van der Waals surface area contributed by atoms with Crippen LogP contribution in [-0.2, 0) is 27.2 Å². The van der Waals surface area contributed by atoms with Crippen LogP contribution in [0.2, 0.25) is 0 Å². The number of nitrogens with two attached hydrogens (primary N) is 1. The highest BCUT2D eigenvalue weighted by Crippen LogP contribution is 2.12. The molecule has 1 amide bonds. The van der Waals surface area contributed by atoms with Gasteiger partial charge in [0.2, 0.25) is 5.91 Å². The lowest BCUT2D eigenvalue weighted by Crippen LogP contribution is -2.50. The van der Waals surface area contributed by atoms with E-state index in [4.69, 9.17) is 22.1 Å². The first-order chi connectivity index (χ1) is 14.4. The topological polar surface area (TPSA) is 93.5 Å². The average Bonchev–Trinajstić information content (AvgIpc) is 2.74. The van der Waals surface area contributed by atoms with Crippen LogP contribution < -0.4 is 16.4 Å². The van der Waals surface area contributed by atoms with Gasteiger partial charge in [-0.3, -0.25) is 4.79 Å². The molecular weight excluding hydrogens is 409 g/mol. The van der Waals surface area contributed by atoms with E-state index >= 15 is 0 Å². The summed E-state index contributed by atoms with van der Waals surface area (Å²) < 4.78 is 18.2. The first-order valence-electron chi connectivity index (χ1n) is 9.78. The minimum atomic E-state index is -0.906. The van der Waals surface area contributed by atoms with Crippen LogP contribution in [0.4, 0.5) is 10.1 Å². The van der Waals surface area contributed by atoms with Crippen molar-refractivity contribution in [2.24, 2.45) is 5.73 Å². The number of hydrogen-bond donors (Lipinski definition) is 3. The summed E-state index contributed by atoms with van der Waals surface area (Å²) in [5.74, 6) is -0.884. The van der Waals surface area contributed by atoms with Crippen LogP contribution in [0.15, 0.2) is 48.5 Å². The zero-order chi connectivity index (χ0) is 21.9. The second-order valence-electron chi connectivity index (χ2n) is 6.77. The minimum absolute atomic E-state index is 0.179. The minimum Gasteiger partial charge on any atom is -0.464 e. The molecule has 2 rings (SSSR count). The lowest BCUT2D eigenvalue weighted by molar-refractivity contribution is -0.147. The normalized spacial score (nSPS) is 12.7. The second-order valence-corrected chi connectivity index (χ2v) is 7.15. The number of halogens is 2. The standard InChI is InChI=1S/C22H27ClFN3O3/c1-2-30-22(29)20(14-16-3-7-17(24)8-4-16)27-21(28)19(25)13-15-5-9-18(10-6-15)26-12-11-23/h3-10,19-20,26H,2,11-14,25H2,1H3,(H,27,28)/t19-,20-/m0/s1. The lowest BCUT2D eigenvalue weighted by Gasteiger charge is -2.20. The molecule has 0 radical (unpaired) electrons. The van der Waals surface area contributed by atoms with Crippen LogP contribution in [-0.4, -0.2) is 43.0 Å². The molecule has 0 saturated heterocycles. The summed E-state index contributed by atoms with van der Waals surface area (Å²) in [6.45, 7) is 2.53. The van der Waals surface area contributed by atoms with Crippen LogP contribution >= 0.6 is 11.6 Å². The fourth-order valence-electron chi connectivity index (χ4n) is 2.87. The number of alkyl halides is 1. The summed E-state index contributed by atoms with van der Waals surface area (Å²) in [5, 5.41) is 5.82. The van der Waals surface area contributed by atoms with Gasteiger partial charge >= 0.3 is 5.97 Å². The van der Waals surface area contributed by atoms with Crippen molar-refractivity contribution in [3.63, 3.8) is 0 Å². The molecule has 0 fully saturated rings. The van der Waals surface area contributed by atoms with Gasteiger partial charge in [-0.25, -0.2) is 9.18 Å². The van der Waals surface area contributed by atoms with Crippen LogP contribution in [0, 0.1) is 5.82 Å². The third-order valence-electron chi connectivity index (χ3n) is 4.41.